The van der Waals surface area contributed by atoms with Gasteiger partial charge in [0.1, 0.15) is 0 Å². The van der Waals surface area contributed by atoms with E-state index in [1.807, 2.05) is 7.05 Å². The van der Waals surface area contributed by atoms with E-state index in [2.05, 4.69) is 15.2 Å². The van der Waals surface area contributed by atoms with Gasteiger partial charge in [-0.1, -0.05) is 19.3 Å². The van der Waals surface area contributed by atoms with Crippen LogP contribution in [-0.4, -0.2) is 56.2 Å². The summed E-state index contributed by atoms with van der Waals surface area (Å²) < 4.78 is 5.98. The Morgan fingerprint density at radius 3 is 2.69 bits per heavy atom. The molecule has 0 aromatic carbocycles. The molecule has 1 amide bonds. The van der Waals surface area contributed by atoms with Crippen LogP contribution in [0.4, 0.5) is 0 Å². The van der Waals surface area contributed by atoms with E-state index < -0.39 is 0 Å². The Kier molecular flexibility index (Phi) is 9.82. The van der Waals surface area contributed by atoms with Crippen LogP contribution < -0.4 is 11.1 Å². The molecule has 1 atom stereocenters. The number of carbonyl (C=O) groups is 1. The number of rotatable bonds is 9. The lowest BCUT2D eigenvalue weighted by Gasteiger charge is -2.34. The van der Waals surface area contributed by atoms with Gasteiger partial charge in [0.25, 0.3) is 0 Å². The summed E-state index contributed by atoms with van der Waals surface area (Å²) in [6.07, 6.45) is 13.2. The lowest BCUT2D eigenvalue weighted by molar-refractivity contribution is -0.119. The van der Waals surface area contributed by atoms with Crippen molar-refractivity contribution in [1.82, 2.24) is 10.2 Å². The first-order valence-corrected chi connectivity index (χ1v) is 10.5. The van der Waals surface area contributed by atoms with Crippen LogP contribution >= 0.6 is 0 Å². The van der Waals surface area contributed by atoms with E-state index in [4.69, 9.17) is 10.5 Å². The third-order valence-corrected chi connectivity index (χ3v) is 5.53. The SMILES string of the molecule is CN=C(NCCCCCOC1CCCCC1)N1CCCC(CC(N)=O)C1. The van der Waals surface area contributed by atoms with Crippen molar-refractivity contribution in [3.63, 3.8) is 0 Å². The fourth-order valence-corrected chi connectivity index (χ4v) is 4.13. The monoisotopic (exact) mass is 366 g/mol. The standard InChI is InChI=1S/C20H38N4O2/c1-22-20(24-13-8-9-17(16-24)15-19(21)25)23-12-6-3-7-14-26-18-10-4-2-5-11-18/h17-18H,2-16H2,1H3,(H2,21,25)(H,22,23). The number of hydrogen-bond acceptors (Lipinski definition) is 3. The molecule has 0 bridgehead atoms. The summed E-state index contributed by atoms with van der Waals surface area (Å²) >= 11 is 0. The van der Waals surface area contributed by atoms with E-state index in [0.717, 1.165) is 57.9 Å². The van der Waals surface area contributed by atoms with Crippen molar-refractivity contribution in [2.45, 2.75) is 76.7 Å². The summed E-state index contributed by atoms with van der Waals surface area (Å²) in [6.45, 7) is 3.72. The van der Waals surface area contributed by atoms with Gasteiger partial charge in [-0.15, -0.1) is 0 Å². The topological polar surface area (TPSA) is 80.0 Å². The number of carbonyl (C=O) groups excluding carboxylic acids is 1. The average Bonchev–Trinajstić information content (AvgIpc) is 2.64. The second kappa shape index (κ2) is 12.2. The number of piperidine rings is 1. The lowest BCUT2D eigenvalue weighted by Crippen LogP contribution is -2.47. The number of ether oxygens (including phenoxy) is 1. The smallest absolute Gasteiger partial charge is 0.217 e. The van der Waals surface area contributed by atoms with Crippen molar-refractivity contribution in [3.8, 4) is 0 Å². The molecule has 0 radical (unpaired) electrons. The summed E-state index contributed by atoms with van der Waals surface area (Å²) in [7, 11) is 1.83. The first-order valence-electron chi connectivity index (χ1n) is 10.5. The van der Waals surface area contributed by atoms with Gasteiger partial charge in [0.15, 0.2) is 5.96 Å². The fourth-order valence-electron chi connectivity index (χ4n) is 4.13. The highest BCUT2D eigenvalue weighted by Gasteiger charge is 2.23. The number of nitrogens with zero attached hydrogens (tertiary/aromatic N) is 2. The number of guanidine groups is 1. The summed E-state index contributed by atoms with van der Waals surface area (Å²) in [5.74, 6) is 1.12. The Bertz CT molecular complexity index is 436. The van der Waals surface area contributed by atoms with Crippen LogP contribution in [0.3, 0.4) is 0 Å². The first-order chi connectivity index (χ1) is 12.7. The molecule has 150 valence electrons. The van der Waals surface area contributed by atoms with Gasteiger partial charge in [-0.25, -0.2) is 0 Å². The minimum Gasteiger partial charge on any atom is -0.378 e. The van der Waals surface area contributed by atoms with Crippen molar-refractivity contribution in [3.05, 3.63) is 0 Å². The van der Waals surface area contributed by atoms with Gasteiger partial charge < -0.3 is 20.7 Å². The molecule has 1 saturated heterocycles. The van der Waals surface area contributed by atoms with Crippen LogP contribution in [0.5, 0.6) is 0 Å². The van der Waals surface area contributed by atoms with Gasteiger partial charge in [0.2, 0.25) is 5.91 Å². The molecule has 6 heteroatoms. The molecule has 2 rings (SSSR count). The normalized spacial score (nSPS) is 22.4. The number of nitrogens with one attached hydrogen (secondary N) is 1. The highest BCUT2D eigenvalue weighted by Crippen LogP contribution is 2.21. The van der Waals surface area contributed by atoms with Gasteiger partial charge in [0, 0.05) is 39.7 Å². The lowest BCUT2D eigenvalue weighted by atomic mass is 9.95. The Morgan fingerprint density at radius 2 is 1.96 bits per heavy atom. The Labute approximate surface area is 158 Å². The average molecular weight is 367 g/mol. The highest BCUT2D eigenvalue weighted by atomic mass is 16.5. The van der Waals surface area contributed by atoms with Crippen molar-refractivity contribution in [1.29, 1.82) is 0 Å². The fraction of sp³-hybridized carbons (Fsp3) is 0.900. The molecular formula is C20H38N4O2. The molecule has 3 N–H and O–H groups in total. The Morgan fingerprint density at radius 1 is 1.15 bits per heavy atom. The molecule has 0 spiro atoms. The van der Waals surface area contributed by atoms with Crippen LogP contribution in [0, 0.1) is 5.92 Å². The minimum absolute atomic E-state index is 0.199. The molecule has 1 aliphatic carbocycles. The number of likely N-dealkylation sites (tertiary alicyclic amines) is 1. The van der Waals surface area contributed by atoms with Crippen molar-refractivity contribution in [2.75, 3.05) is 33.3 Å². The molecular weight excluding hydrogens is 328 g/mol. The Hall–Kier alpha value is -1.30. The molecule has 0 aromatic heterocycles. The molecule has 2 fully saturated rings. The molecule has 1 heterocycles. The van der Waals surface area contributed by atoms with E-state index >= 15 is 0 Å². The zero-order valence-electron chi connectivity index (χ0n) is 16.5. The summed E-state index contributed by atoms with van der Waals surface area (Å²) in [6, 6.07) is 0. The maximum Gasteiger partial charge on any atom is 0.217 e. The van der Waals surface area contributed by atoms with E-state index in [1.54, 1.807) is 0 Å². The molecule has 6 nitrogen and oxygen atoms in total. The number of hydrogen-bond donors (Lipinski definition) is 2. The third-order valence-electron chi connectivity index (χ3n) is 5.53. The van der Waals surface area contributed by atoms with Crippen LogP contribution in [0.1, 0.15) is 70.6 Å². The molecule has 1 aliphatic heterocycles. The van der Waals surface area contributed by atoms with E-state index in [1.165, 1.54) is 38.5 Å². The zero-order chi connectivity index (χ0) is 18.6. The van der Waals surface area contributed by atoms with Gasteiger partial charge in [-0.2, -0.15) is 0 Å². The molecule has 26 heavy (non-hydrogen) atoms. The first kappa shape index (κ1) is 21.0. The highest BCUT2D eigenvalue weighted by molar-refractivity contribution is 5.80. The molecule has 1 saturated carbocycles. The zero-order valence-corrected chi connectivity index (χ0v) is 16.5. The summed E-state index contributed by atoms with van der Waals surface area (Å²) in [4.78, 5) is 17.8. The van der Waals surface area contributed by atoms with Gasteiger partial charge in [0.05, 0.1) is 6.10 Å². The summed E-state index contributed by atoms with van der Waals surface area (Å²) in [5, 5.41) is 3.47. The minimum atomic E-state index is -0.199. The van der Waals surface area contributed by atoms with Crippen molar-refractivity contribution in [2.24, 2.45) is 16.6 Å². The number of aliphatic imine (C=N–C) groups is 1. The molecule has 1 unspecified atom stereocenters. The number of unbranched alkanes of at least 4 members (excludes halogenated alkanes) is 2. The predicted octanol–water partition coefficient (Wildman–Crippen LogP) is 2.67. The van der Waals surface area contributed by atoms with Crippen molar-refractivity contribution < 1.29 is 9.53 Å². The quantitative estimate of drug-likeness (QED) is 0.373. The van der Waals surface area contributed by atoms with Crippen LogP contribution in [-0.2, 0) is 9.53 Å². The van der Waals surface area contributed by atoms with Gasteiger partial charge in [-0.3, -0.25) is 9.79 Å². The second-order valence-corrected chi connectivity index (χ2v) is 7.79. The van der Waals surface area contributed by atoms with E-state index in [9.17, 15) is 4.79 Å². The van der Waals surface area contributed by atoms with E-state index in [0.29, 0.717) is 18.4 Å². The molecule has 0 aromatic rings. The van der Waals surface area contributed by atoms with Crippen LogP contribution in [0.15, 0.2) is 4.99 Å². The van der Waals surface area contributed by atoms with Gasteiger partial charge >= 0.3 is 0 Å². The van der Waals surface area contributed by atoms with Crippen LogP contribution in [0.25, 0.3) is 0 Å². The third kappa shape index (κ3) is 7.94. The second-order valence-electron chi connectivity index (χ2n) is 7.79. The number of nitrogens with two attached hydrogens (primary N) is 1. The largest absolute Gasteiger partial charge is 0.378 e. The van der Waals surface area contributed by atoms with Gasteiger partial charge in [-0.05, 0) is 50.9 Å². The number of amides is 1. The van der Waals surface area contributed by atoms with E-state index in [-0.39, 0.29) is 5.91 Å². The Balaban J connectivity index is 1.54. The summed E-state index contributed by atoms with van der Waals surface area (Å²) in [5.41, 5.74) is 5.35. The maximum atomic E-state index is 11.2. The maximum absolute atomic E-state index is 11.2. The number of primary amides is 1. The molecule has 2 aliphatic rings. The van der Waals surface area contributed by atoms with Crippen molar-refractivity contribution >= 4 is 11.9 Å². The van der Waals surface area contributed by atoms with Crippen LogP contribution in [0.2, 0.25) is 0 Å². The predicted molar refractivity (Wildman–Crippen MR) is 106 cm³/mol.